The van der Waals surface area contributed by atoms with Crippen molar-refractivity contribution in [1.82, 2.24) is 15.6 Å². The summed E-state index contributed by atoms with van der Waals surface area (Å²) in [6.45, 7) is 8.59. The Morgan fingerprint density at radius 3 is 2.69 bits per heavy atom. The Hall–Kier alpha value is -0.810. The number of hydrazine groups is 1. The number of hydrogen-bond acceptors (Lipinski definition) is 3. The third-order valence-electron chi connectivity index (χ3n) is 2.74. The Morgan fingerprint density at radius 1 is 1.44 bits per heavy atom. The first kappa shape index (κ1) is 13.3. The van der Waals surface area contributed by atoms with Crippen LogP contribution in [0.25, 0.3) is 0 Å². The smallest absolute Gasteiger partial charge is 0.205 e. The summed E-state index contributed by atoms with van der Waals surface area (Å²) in [5.41, 5.74) is 2.61. The first-order valence-corrected chi connectivity index (χ1v) is 6.26. The minimum absolute atomic E-state index is 0.379. The molecule has 5 nitrogen and oxygen atoms in total. The lowest BCUT2D eigenvalue weighted by atomic mass is 10.3. The highest BCUT2D eigenvalue weighted by molar-refractivity contribution is 5.79. The van der Waals surface area contributed by atoms with Crippen molar-refractivity contribution in [3.05, 3.63) is 0 Å². The van der Waals surface area contributed by atoms with Crippen LogP contribution in [0.1, 0.15) is 33.1 Å². The van der Waals surface area contributed by atoms with E-state index in [9.17, 15) is 0 Å². The Balaban J connectivity index is 2.27. The summed E-state index contributed by atoms with van der Waals surface area (Å²) in [5.74, 6) is 6.12. The average Bonchev–Trinajstić information content (AvgIpc) is 2.76. The van der Waals surface area contributed by atoms with Gasteiger partial charge in [0.15, 0.2) is 0 Å². The molecule has 4 N–H and O–H groups in total. The van der Waals surface area contributed by atoms with Gasteiger partial charge >= 0.3 is 0 Å². The molecule has 0 amide bonds. The van der Waals surface area contributed by atoms with Crippen molar-refractivity contribution in [2.75, 3.05) is 26.2 Å². The van der Waals surface area contributed by atoms with Gasteiger partial charge in [0.1, 0.15) is 0 Å². The van der Waals surface area contributed by atoms with E-state index >= 15 is 0 Å². The molecule has 1 heterocycles. The second-order valence-corrected chi connectivity index (χ2v) is 4.43. The highest BCUT2D eigenvalue weighted by Gasteiger charge is 2.14. The van der Waals surface area contributed by atoms with Crippen LogP contribution in [0.2, 0.25) is 0 Å². The fourth-order valence-corrected chi connectivity index (χ4v) is 1.99. The van der Waals surface area contributed by atoms with Gasteiger partial charge in [-0.1, -0.05) is 6.92 Å². The predicted molar refractivity (Wildman–Crippen MR) is 68.2 cm³/mol. The van der Waals surface area contributed by atoms with E-state index in [1.807, 2.05) is 0 Å². The van der Waals surface area contributed by atoms with Crippen LogP contribution in [0, 0.1) is 0 Å². The maximum Gasteiger partial charge on any atom is 0.205 e. The summed E-state index contributed by atoms with van der Waals surface area (Å²) >= 11 is 0. The number of nitrogens with zero attached hydrogens (tertiary/aromatic N) is 2. The molecule has 0 bridgehead atoms. The summed E-state index contributed by atoms with van der Waals surface area (Å²) in [5, 5.41) is 3.30. The van der Waals surface area contributed by atoms with Crippen LogP contribution in [0.4, 0.5) is 0 Å². The standard InChI is InChI=1S/C11H25N5/c1-3-6-13-11(15-12)14-10(2)9-16-7-4-5-8-16/h10H,3-9,12H2,1-2H3,(H2,13,14,15). The third-order valence-corrected chi connectivity index (χ3v) is 2.74. The third kappa shape index (κ3) is 4.81. The summed E-state index contributed by atoms with van der Waals surface area (Å²) < 4.78 is 0. The molecule has 5 heteroatoms. The van der Waals surface area contributed by atoms with E-state index in [-0.39, 0.29) is 0 Å². The zero-order valence-electron chi connectivity index (χ0n) is 10.5. The molecule has 1 aliphatic rings. The van der Waals surface area contributed by atoms with Gasteiger partial charge in [0.25, 0.3) is 0 Å². The van der Waals surface area contributed by atoms with Gasteiger partial charge in [-0.05, 0) is 39.3 Å². The van der Waals surface area contributed by atoms with Crippen molar-refractivity contribution in [3.8, 4) is 0 Å². The highest BCUT2D eigenvalue weighted by atomic mass is 15.3. The molecule has 0 aliphatic carbocycles. The number of nitrogens with one attached hydrogen (secondary N) is 2. The lowest BCUT2D eigenvalue weighted by Gasteiger charge is -2.22. The average molecular weight is 227 g/mol. The van der Waals surface area contributed by atoms with E-state index in [2.05, 4.69) is 34.5 Å². The molecule has 1 aliphatic heterocycles. The van der Waals surface area contributed by atoms with Gasteiger partial charge in [0, 0.05) is 19.1 Å². The molecule has 1 saturated heterocycles. The lowest BCUT2D eigenvalue weighted by Crippen LogP contribution is -2.49. The van der Waals surface area contributed by atoms with Crippen LogP contribution in [0.3, 0.4) is 0 Å². The predicted octanol–water partition coefficient (Wildman–Crippen LogP) is 0.290. The van der Waals surface area contributed by atoms with Crippen LogP contribution >= 0.6 is 0 Å². The molecule has 0 aromatic heterocycles. The van der Waals surface area contributed by atoms with Gasteiger partial charge in [0.05, 0.1) is 0 Å². The topological polar surface area (TPSA) is 65.7 Å². The normalized spacial score (nSPS) is 19.8. The maximum atomic E-state index is 5.41. The Morgan fingerprint density at radius 2 is 2.12 bits per heavy atom. The Kier molecular flexibility index (Phi) is 6.18. The molecule has 0 saturated carbocycles. The number of likely N-dealkylation sites (tertiary alicyclic amines) is 1. The summed E-state index contributed by atoms with van der Waals surface area (Å²) in [4.78, 5) is 6.80. The number of guanidine groups is 1. The van der Waals surface area contributed by atoms with Crippen molar-refractivity contribution in [2.45, 2.75) is 39.2 Å². The maximum absolute atomic E-state index is 5.41. The van der Waals surface area contributed by atoms with Crippen molar-refractivity contribution < 1.29 is 0 Å². The van der Waals surface area contributed by atoms with Gasteiger partial charge < -0.3 is 10.2 Å². The minimum Gasteiger partial charge on any atom is -0.352 e. The number of aliphatic imine (C=N–C) groups is 1. The van der Waals surface area contributed by atoms with E-state index in [4.69, 9.17) is 5.84 Å². The molecule has 1 atom stereocenters. The van der Waals surface area contributed by atoms with Crippen LogP contribution in [-0.4, -0.2) is 43.1 Å². The van der Waals surface area contributed by atoms with Crippen LogP contribution in [0.15, 0.2) is 4.99 Å². The monoisotopic (exact) mass is 227 g/mol. The van der Waals surface area contributed by atoms with Crippen LogP contribution in [0.5, 0.6) is 0 Å². The molecule has 16 heavy (non-hydrogen) atoms. The molecule has 1 rings (SSSR count). The van der Waals surface area contributed by atoms with E-state index in [1.54, 1.807) is 0 Å². The molecular weight excluding hydrogens is 202 g/mol. The van der Waals surface area contributed by atoms with Gasteiger partial charge in [-0.2, -0.15) is 0 Å². The van der Waals surface area contributed by atoms with Crippen molar-refractivity contribution in [1.29, 1.82) is 0 Å². The van der Waals surface area contributed by atoms with E-state index < -0.39 is 0 Å². The second-order valence-electron chi connectivity index (χ2n) is 4.43. The quantitative estimate of drug-likeness (QED) is 0.273. The van der Waals surface area contributed by atoms with Gasteiger partial charge in [-0.3, -0.25) is 10.4 Å². The zero-order chi connectivity index (χ0) is 11.8. The second kappa shape index (κ2) is 7.46. The first-order chi connectivity index (χ1) is 7.76. The molecule has 1 unspecified atom stereocenters. The van der Waals surface area contributed by atoms with Gasteiger partial charge in [0.2, 0.25) is 5.96 Å². The molecule has 94 valence electrons. The molecule has 1 fully saturated rings. The molecular formula is C11H25N5. The lowest BCUT2D eigenvalue weighted by molar-refractivity contribution is 0.311. The number of nitrogens with two attached hydrogens (primary N) is 1. The fraction of sp³-hybridized carbons (Fsp3) is 0.909. The summed E-state index contributed by atoms with van der Waals surface area (Å²) in [6.07, 6.45) is 3.70. The Labute approximate surface area is 98.4 Å². The Bertz CT molecular complexity index is 210. The zero-order valence-corrected chi connectivity index (χ0v) is 10.5. The van der Waals surface area contributed by atoms with Crippen LogP contribution < -0.4 is 16.6 Å². The van der Waals surface area contributed by atoms with Crippen molar-refractivity contribution in [2.24, 2.45) is 10.8 Å². The summed E-state index contributed by atoms with van der Waals surface area (Å²) in [6, 6.07) is 0.379. The van der Waals surface area contributed by atoms with E-state index in [0.29, 0.717) is 12.0 Å². The van der Waals surface area contributed by atoms with E-state index in [1.165, 1.54) is 25.9 Å². The summed E-state index contributed by atoms with van der Waals surface area (Å²) in [7, 11) is 0. The number of hydrogen-bond donors (Lipinski definition) is 3. The highest BCUT2D eigenvalue weighted by Crippen LogP contribution is 2.07. The molecule has 0 radical (unpaired) electrons. The number of rotatable bonds is 5. The largest absolute Gasteiger partial charge is 0.352 e. The van der Waals surface area contributed by atoms with Crippen LogP contribution in [-0.2, 0) is 0 Å². The van der Waals surface area contributed by atoms with E-state index in [0.717, 1.165) is 19.5 Å². The fourth-order valence-electron chi connectivity index (χ4n) is 1.99. The van der Waals surface area contributed by atoms with Gasteiger partial charge in [-0.15, -0.1) is 0 Å². The van der Waals surface area contributed by atoms with Crippen molar-refractivity contribution >= 4 is 5.96 Å². The molecule has 0 spiro atoms. The molecule has 0 aromatic carbocycles. The van der Waals surface area contributed by atoms with Gasteiger partial charge in [-0.25, -0.2) is 5.84 Å². The van der Waals surface area contributed by atoms with Crippen molar-refractivity contribution in [3.63, 3.8) is 0 Å². The minimum atomic E-state index is 0.379. The first-order valence-electron chi connectivity index (χ1n) is 6.26. The SMILES string of the molecule is CCCN=C(NN)NC(C)CN1CCCC1. The molecule has 0 aromatic rings.